The van der Waals surface area contributed by atoms with Gasteiger partial charge in [-0.2, -0.15) is 0 Å². The topological polar surface area (TPSA) is 84.2 Å². The molecule has 0 unspecified atom stereocenters. The highest BCUT2D eigenvalue weighted by molar-refractivity contribution is 7.89. The van der Waals surface area contributed by atoms with E-state index in [1.807, 2.05) is 19.2 Å². The average molecular weight is 309 g/mol. The van der Waals surface area contributed by atoms with Crippen LogP contribution < -0.4 is 10.0 Å². The molecule has 2 rings (SSSR count). The summed E-state index contributed by atoms with van der Waals surface area (Å²) in [4.78, 5) is 0.253. The fourth-order valence-corrected chi connectivity index (χ4v) is 2.88. The number of nitrogens with one attached hydrogen (secondary N) is 2. The molecule has 1 aromatic heterocycles. The van der Waals surface area contributed by atoms with E-state index >= 15 is 0 Å². The second-order valence-corrected chi connectivity index (χ2v) is 6.43. The molecule has 0 radical (unpaired) electrons. The molecule has 1 heterocycles. The molecule has 7 heteroatoms. The van der Waals surface area contributed by atoms with Gasteiger partial charge in [0.25, 0.3) is 0 Å². The predicted molar refractivity (Wildman–Crippen MR) is 79.2 cm³/mol. The zero-order valence-electron chi connectivity index (χ0n) is 11.9. The van der Waals surface area contributed by atoms with Crippen LogP contribution in [0.4, 0.5) is 0 Å². The smallest absolute Gasteiger partial charge is 0.240 e. The lowest BCUT2D eigenvalue weighted by Gasteiger charge is -2.06. The van der Waals surface area contributed by atoms with Crippen LogP contribution in [-0.2, 0) is 23.0 Å². The largest absolute Gasteiger partial charge is 0.364 e. The van der Waals surface area contributed by atoms with Crippen LogP contribution in [0.1, 0.15) is 17.7 Å². The number of sulfonamides is 1. The van der Waals surface area contributed by atoms with Gasteiger partial charge in [-0.05, 0) is 44.1 Å². The molecule has 0 aliphatic carbocycles. The quantitative estimate of drug-likeness (QED) is 0.718. The molecule has 0 fully saturated rings. The van der Waals surface area contributed by atoms with Crippen molar-refractivity contribution in [3.05, 3.63) is 47.9 Å². The maximum atomic E-state index is 12.1. The minimum Gasteiger partial charge on any atom is -0.364 e. The first-order chi connectivity index (χ1) is 10.1. The fourth-order valence-electron chi connectivity index (χ4n) is 1.89. The standard InChI is InChI=1S/C14H19N3O3S/c1-15-9-2-3-12-4-6-14(7-5-12)21(18,19)16-11-13-8-10-20-17-13/h4-8,10,15-16H,2-3,9,11H2,1H3. The van der Waals surface area contributed by atoms with Gasteiger partial charge in [0.05, 0.1) is 17.1 Å². The molecule has 0 bridgehead atoms. The van der Waals surface area contributed by atoms with E-state index in [0.29, 0.717) is 5.69 Å². The van der Waals surface area contributed by atoms with Gasteiger partial charge in [-0.25, -0.2) is 13.1 Å². The van der Waals surface area contributed by atoms with Crippen LogP contribution in [0.2, 0.25) is 0 Å². The van der Waals surface area contributed by atoms with Gasteiger partial charge in [0, 0.05) is 6.07 Å². The third-order valence-electron chi connectivity index (χ3n) is 3.06. The van der Waals surface area contributed by atoms with Gasteiger partial charge in [0.1, 0.15) is 6.26 Å². The van der Waals surface area contributed by atoms with Crippen LogP contribution >= 0.6 is 0 Å². The Balaban J connectivity index is 1.96. The molecule has 0 saturated heterocycles. The molecule has 21 heavy (non-hydrogen) atoms. The predicted octanol–water partition coefficient (Wildman–Crippen LogP) is 1.31. The Morgan fingerprint density at radius 1 is 1.19 bits per heavy atom. The lowest BCUT2D eigenvalue weighted by molar-refractivity contribution is 0.411. The highest BCUT2D eigenvalue weighted by Gasteiger charge is 2.14. The monoisotopic (exact) mass is 309 g/mol. The summed E-state index contributed by atoms with van der Waals surface area (Å²) in [6, 6.07) is 8.56. The molecule has 2 aromatic rings. The number of nitrogens with zero attached hydrogens (tertiary/aromatic N) is 1. The Labute approximate surface area is 124 Å². The molecule has 0 saturated carbocycles. The van der Waals surface area contributed by atoms with Gasteiger partial charge in [-0.15, -0.1) is 0 Å². The summed E-state index contributed by atoms with van der Waals surface area (Å²) in [5.41, 5.74) is 1.67. The Bertz CT molecular complexity index is 637. The molecule has 0 aliphatic rings. The third-order valence-corrected chi connectivity index (χ3v) is 4.48. The number of hydrogen-bond donors (Lipinski definition) is 2. The van der Waals surface area contributed by atoms with Crippen LogP contribution in [-0.4, -0.2) is 27.2 Å². The molecule has 0 amide bonds. The van der Waals surface area contributed by atoms with E-state index in [1.165, 1.54) is 6.26 Å². The first-order valence-corrected chi connectivity index (χ1v) is 8.22. The van der Waals surface area contributed by atoms with Crippen molar-refractivity contribution in [3.63, 3.8) is 0 Å². The summed E-state index contributed by atoms with van der Waals surface area (Å²) in [5.74, 6) is 0. The molecule has 1 aromatic carbocycles. The molecule has 0 spiro atoms. The van der Waals surface area contributed by atoms with Crippen LogP contribution in [0.25, 0.3) is 0 Å². The van der Waals surface area contributed by atoms with E-state index in [1.54, 1.807) is 18.2 Å². The van der Waals surface area contributed by atoms with Gasteiger partial charge in [0.2, 0.25) is 10.0 Å². The van der Waals surface area contributed by atoms with Gasteiger partial charge >= 0.3 is 0 Å². The van der Waals surface area contributed by atoms with Gasteiger partial charge < -0.3 is 9.84 Å². The number of hydrogen-bond acceptors (Lipinski definition) is 5. The fraction of sp³-hybridized carbons (Fsp3) is 0.357. The minimum absolute atomic E-state index is 0.114. The number of aromatic nitrogens is 1. The van der Waals surface area contributed by atoms with Crippen molar-refractivity contribution in [2.75, 3.05) is 13.6 Å². The van der Waals surface area contributed by atoms with Crippen LogP contribution in [0.5, 0.6) is 0 Å². The summed E-state index contributed by atoms with van der Waals surface area (Å²) in [5, 5.41) is 6.75. The Kier molecular flexibility index (Phi) is 5.49. The maximum Gasteiger partial charge on any atom is 0.240 e. The van der Waals surface area contributed by atoms with E-state index in [9.17, 15) is 8.42 Å². The number of benzene rings is 1. The Morgan fingerprint density at radius 2 is 1.95 bits per heavy atom. The second kappa shape index (κ2) is 7.35. The van der Waals surface area contributed by atoms with Crippen molar-refractivity contribution in [1.82, 2.24) is 15.2 Å². The Hall–Kier alpha value is -1.70. The first-order valence-electron chi connectivity index (χ1n) is 6.74. The molecule has 6 nitrogen and oxygen atoms in total. The van der Waals surface area contributed by atoms with Crippen molar-refractivity contribution in [2.24, 2.45) is 0 Å². The molecule has 0 aliphatic heterocycles. The summed E-state index contributed by atoms with van der Waals surface area (Å²) in [6.07, 6.45) is 3.35. The molecular formula is C14H19N3O3S. The zero-order chi connectivity index (χ0) is 15.1. The normalized spacial score (nSPS) is 11.7. The van der Waals surface area contributed by atoms with E-state index in [4.69, 9.17) is 0 Å². The number of rotatable bonds is 8. The van der Waals surface area contributed by atoms with Gasteiger partial charge in [-0.1, -0.05) is 17.3 Å². The first kappa shape index (κ1) is 15.7. The molecule has 114 valence electrons. The third kappa shape index (κ3) is 4.66. The molecule has 0 atom stereocenters. The minimum atomic E-state index is -3.52. The van der Waals surface area contributed by atoms with Crippen molar-refractivity contribution >= 4 is 10.0 Å². The van der Waals surface area contributed by atoms with Crippen molar-refractivity contribution in [3.8, 4) is 0 Å². The zero-order valence-corrected chi connectivity index (χ0v) is 12.7. The summed E-state index contributed by atoms with van der Waals surface area (Å²) < 4.78 is 31.4. The SMILES string of the molecule is CNCCCc1ccc(S(=O)(=O)NCc2ccon2)cc1. The van der Waals surface area contributed by atoms with Crippen molar-refractivity contribution < 1.29 is 12.9 Å². The maximum absolute atomic E-state index is 12.1. The van der Waals surface area contributed by atoms with E-state index < -0.39 is 10.0 Å². The summed E-state index contributed by atoms with van der Waals surface area (Å²) in [7, 11) is -1.61. The lowest BCUT2D eigenvalue weighted by Crippen LogP contribution is -2.23. The van der Waals surface area contributed by atoms with Gasteiger partial charge in [0.15, 0.2) is 0 Å². The highest BCUT2D eigenvalue weighted by Crippen LogP contribution is 2.12. The average Bonchev–Trinajstić information content (AvgIpc) is 3.00. The number of aryl methyl sites for hydroxylation is 1. The van der Waals surface area contributed by atoms with Gasteiger partial charge in [-0.3, -0.25) is 0 Å². The van der Waals surface area contributed by atoms with Crippen molar-refractivity contribution in [2.45, 2.75) is 24.3 Å². The van der Waals surface area contributed by atoms with E-state index in [0.717, 1.165) is 24.9 Å². The molecule has 2 N–H and O–H groups in total. The van der Waals surface area contributed by atoms with Crippen LogP contribution in [0.3, 0.4) is 0 Å². The second-order valence-electron chi connectivity index (χ2n) is 4.67. The lowest BCUT2D eigenvalue weighted by atomic mass is 10.1. The van der Waals surface area contributed by atoms with E-state index in [-0.39, 0.29) is 11.4 Å². The van der Waals surface area contributed by atoms with Crippen molar-refractivity contribution in [1.29, 1.82) is 0 Å². The molecular weight excluding hydrogens is 290 g/mol. The summed E-state index contributed by atoms with van der Waals surface area (Å²) in [6.45, 7) is 1.06. The Morgan fingerprint density at radius 3 is 2.57 bits per heavy atom. The van der Waals surface area contributed by atoms with Crippen LogP contribution in [0.15, 0.2) is 46.0 Å². The highest BCUT2D eigenvalue weighted by atomic mass is 32.2. The van der Waals surface area contributed by atoms with E-state index in [2.05, 4.69) is 19.7 Å². The van der Waals surface area contributed by atoms with Crippen LogP contribution in [0, 0.1) is 0 Å². The summed E-state index contributed by atoms with van der Waals surface area (Å²) >= 11 is 0.